The molecule has 1 aromatic carbocycles. The predicted octanol–water partition coefficient (Wildman–Crippen LogP) is 4.09. The maximum Gasteiger partial charge on any atom is 0.229 e. The predicted molar refractivity (Wildman–Crippen MR) is 75.5 cm³/mol. The Morgan fingerprint density at radius 1 is 1.17 bits per heavy atom. The first-order valence-electron chi connectivity index (χ1n) is 5.85. The zero-order chi connectivity index (χ0) is 13.0. The van der Waals surface area contributed by atoms with E-state index in [4.69, 9.17) is 4.52 Å². The normalized spacial score (nSPS) is 11.6. The fourth-order valence-corrected chi connectivity index (χ4v) is 1.84. The summed E-state index contributed by atoms with van der Waals surface area (Å²) in [7, 11) is 0. The molecule has 2 aromatic rings. The van der Waals surface area contributed by atoms with Crippen molar-refractivity contribution in [1.82, 2.24) is 10.1 Å². The molecular formula is C14H16N2OS. The summed E-state index contributed by atoms with van der Waals surface area (Å²) in [4.78, 5) is 5.55. The van der Waals surface area contributed by atoms with Gasteiger partial charge in [-0.2, -0.15) is 4.98 Å². The number of benzene rings is 1. The average molecular weight is 260 g/mol. The van der Waals surface area contributed by atoms with Gasteiger partial charge in [-0.15, -0.1) is 11.8 Å². The van der Waals surface area contributed by atoms with E-state index in [-0.39, 0.29) is 5.92 Å². The number of hydrogen-bond donors (Lipinski definition) is 0. The lowest BCUT2D eigenvalue weighted by Crippen LogP contribution is -1.85. The molecule has 0 fully saturated rings. The Bertz CT molecular complexity index is 529. The third-order valence-corrected chi connectivity index (χ3v) is 3.24. The number of rotatable bonds is 4. The number of thioether (sulfide) groups is 1. The van der Waals surface area contributed by atoms with Crippen LogP contribution >= 0.6 is 11.8 Å². The Balaban J connectivity index is 2.09. The summed E-state index contributed by atoms with van der Waals surface area (Å²) < 4.78 is 5.14. The van der Waals surface area contributed by atoms with Crippen LogP contribution in [0, 0.1) is 0 Å². The van der Waals surface area contributed by atoms with Crippen molar-refractivity contribution in [3.63, 3.8) is 0 Å². The van der Waals surface area contributed by atoms with E-state index in [2.05, 4.69) is 40.7 Å². The van der Waals surface area contributed by atoms with Gasteiger partial charge in [-0.05, 0) is 30.0 Å². The maximum atomic E-state index is 5.14. The molecule has 0 spiro atoms. The van der Waals surface area contributed by atoms with E-state index in [0.717, 1.165) is 5.56 Å². The largest absolute Gasteiger partial charge is 0.339 e. The van der Waals surface area contributed by atoms with Crippen LogP contribution in [-0.2, 0) is 0 Å². The smallest absolute Gasteiger partial charge is 0.229 e. The molecule has 0 aliphatic rings. The van der Waals surface area contributed by atoms with Crippen LogP contribution in [0.1, 0.15) is 37.0 Å². The lowest BCUT2D eigenvalue weighted by atomic mass is 10.2. The second kappa shape index (κ2) is 5.87. The van der Waals surface area contributed by atoms with Gasteiger partial charge >= 0.3 is 0 Å². The molecule has 0 saturated carbocycles. The number of hydrogen-bond acceptors (Lipinski definition) is 4. The van der Waals surface area contributed by atoms with Gasteiger partial charge in [0.15, 0.2) is 5.82 Å². The van der Waals surface area contributed by atoms with E-state index >= 15 is 0 Å². The van der Waals surface area contributed by atoms with Gasteiger partial charge in [-0.3, -0.25) is 0 Å². The molecule has 3 nitrogen and oxygen atoms in total. The van der Waals surface area contributed by atoms with E-state index in [0.29, 0.717) is 11.7 Å². The minimum Gasteiger partial charge on any atom is -0.339 e. The van der Waals surface area contributed by atoms with Crippen molar-refractivity contribution >= 4 is 23.9 Å². The first-order valence-corrected chi connectivity index (χ1v) is 7.07. The lowest BCUT2D eigenvalue weighted by molar-refractivity contribution is 0.364. The first-order chi connectivity index (χ1) is 8.69. The Hall–Kier alpha value is -1.55. The summed E-state index contributed by atoms with van der Waals surface area (Å²) in [6, 6.07) is 8.35. The molecule has 0 atom stereocenters. The molecule has 0 aliphatic heterocycles. The van der Waals surface area contributed by atoms with Gasteiger partial charge in [0.05, 0.1) is 0 Å². The molecule has 1 aromatic heterocycles. The van der Waals surface area contributed by atoms with Crippen molar-refractivity contribution in [2.24, 2.45) is 0 Å². The molecule has 0 radical (unpaired) electrons. The van der Waals surface area contributed by atoms with Gasteiger partial charge in [0.1, 0.15) is 0 Å². The van der Waals surface area contributed by atoms with Crippen molar-refractivity contribution in [2.75, 3.05) is 6.26 Å². The molecule has 2 rings (SSSR count). The quantitative estimate of drug-likeness (QED) is 0.776. The molecule has 1 heterocycles. The van der Waals surface area contributed by atoms with Crippen molar-refractivity contribution in [1.29, 1.82) is 0 Å². The standard InChI is InChI=1S/C14H16N2OS/c1-10(2)14-15-13(16-17-14)9-6-11-4-7-12(18-3)8-5-11/h4-10H,1-3H3. The fraction of sp³-hybridized carbons (Fsp3) is 0.286. The van der Waals surface area contributed by atoms with Crippen LogP contribution in [0.2, 0.25) is 0 Å². The number of nitrogens with zero attached hydrogens (tertiary/aromatic N) is 2. The van der Waals surface area contributed by atoms with Crippen LogP contribution in [-0.4, -0.2) is 16.4 Å². The van der Waals surface area contributed by atoms with Crippen LogP contribution in [0.15, 0.2) is 33.7 Å². The zero-order valence-corrected chi connectivity index (χ0v) is 11.6. The molecule has 94 valence electrons. The molecular weight excluding hydrogens is 244 g/mol. The zero-order valence-electron chi connectivity index (χ0n) is 10.8. The Kier molecular flexibility index (Phi) is 4.20. The van der Waals surface area contributed by atoms with Crippen molar-refractivity contribution in [3.8, 4) is 0 Å². The molecule has 0 saturated heterocycles. The van der Waals surface area contributed by atoms with Gasteiger partial charge in [-0.1, -0.05) is 37.2 Å². The van der Waals surface area contributed by atoms with Crippen molar-refractivity contribution in [2.45, 2.75) is 24.7 Å². The molecule has 0 aliphatic carbocycles. The highest BCUT2D eigenvalue weighted by atomic mass is 32.2. The third kappa shape index (κ3) is 3.23. The van der Waals surface area contributed by atoms with Crippen LogP contribution in [0.5, 0.6) is 0 Å². The Labute approximate surface area is 111 Å². The van der Waals surface area contributed by atoms with Crippen LogP contribution in [0.3, 0.4) is 0 Å². The summed E-state index contributed by atoms with van der Waals surface area (Å²) in [6.07, 6.45) is 5.92. The molecule has 0 amide bonds. The van der Waals surface area contributed by atoms with E-state index in [1.54, 1.807) is 11.8 Å². The highest BCUT2D eigenvalue weighted by molar-refractivity contribution is 7.98. The molecule has 18 heavy (non-hydrogen) atoms. The molecule has 4 heteroatoms. The van der Waals surface area contributed by atoms with Crippen LogP contribution in [0.25, 0.3) is 12.2 Å². The summed E-state index contributed by atoms with van der Waals surface area (Å²) >= 11 is 1.73. The van der Waals surface area contributed by atoms with Gasteiger partial charge in [0.2, 0.25) is 5.89 Å². The van der Waals surface area contributed by atoms with E-state index in [1.165, 1.54) is 4.90 Å². The molecule has 0 bridgehead atoms. The lowest BCUT2D eigenvalue weighted by Gasteiger charge is -1.96. The van der Waals surface area contributed by atoms with E-state index < -0.39 is 0 Å². The van der Waals surface area contributed by atoms with Gasteiger partial charge in [0.25, 0.3) is 0 Å². The minimum absolute atomic E-state index is 0.264. The van der Waals surface area contributed by atoms with Gasteiger partial charge < -0.3 is 4.52 Å². The first kappa shape index (κ1) is 12.9. The SMILES string of the molecule is CSc1ccc(C=Cc2noc(C(C)C)n2)cc1. The molecule has 0 unspecified atom stereocenters. The van der Waals surface area contributed by atoms with Gasteiger partial charge in [0, 0.05) is 10.8 Å². The minimum atomic E-state index is 0.264. The monoisotopic (exact) mass is 260 g/mol. The van der Waals surface area contributed by atoms with Crippen molar-refractivity contribution < 1.29 is 4.52 Å². The highest BCUT2D eigenvalue weighted by Gasteiger charge is 2.07. The highest BCUT2D eigenvalue weighted by Crippen LogP contribution is 2.16. The van der Waals surface area contributed by atoms with Crippen LogP contribution < -0.4 is 0 Å². The van der Waals surface area contributed by atoms with Crippen LogP contribution in [0.4, 0.5) is 0 Å². The third-order valence-electron chi connectivity index (χ3n) is 2.49. The Morgan fingerprint density at radius 2 is 1.89 bits per heavy atom. The topological polar surface area (TPSA) is 38.9 Å². The maximum absolute atomic E-state index is 5.14. The second-order valence-corrected chi connectivity index (χ2v) is 5.13. The summed E-state index contributed by atoms with van der Waals surface area (Å²) in [5.74, 6) is 1.56. The Morgan fingerprint density at radius 3 is 2.44 bits per heavy atom. The van der Waals surface area contributed by atoms with E-state index in [9.17, 15) is 0 Å². The summed E-state index contributed by atoms with van der Waals surface area (Å²) in [6.45, 7) is 4.06. The summed E-state index contributed by atoms with van der Waals surface area (Å²) in [5.41, 5.74) is 1.13. The van der Waals surface area contributed by atoms with Gasteiger partial charge in [-0.25, -0.2) is 0 Å². The second-order valence-electron chi connectivity index (χ2n) is 4.25. The average Bonchev–Trinajstić information content (AvgIpc) is 2.86. The fourth-order valence-electron chi connectivity index (χ4n) is 1.44. The molecule has 0 N–H and O–H groups in total. The van der Waals surface area contributed by atoms with Crippen molar-refractivity contribution in [3.05, 3.63) is 41.5 Å². The summed E-state index contributed by atoms with van der Waals surface area (Å²) in [5, 5.41) is 3.91. The number of aromatic nitrogens is 2. The van der Waals surface area contributed by atoms with E-state index in [1.807, 2.05) is 26.0 Å².